The molecule has 4 aliphatic rings. The van der Waals surface area contributed by atoms with Gasteiger partial charge in [-0.3, -0.25) is 29.4 Å². The van der Waals surface area contributed by atoms with E-state index in [0.717, 1.165) is 121 Å². The standard InChI is InChI=1S/2C21H26ClN3O/c2*1-2-25-11-5-6-15(25)13-23-21(26)14-9-10-17-19(12-14)24-18-8-4-3-7-16(18)20(17)22/h2*9-10,12,15H,2-8,11,13H2,1H3,(H,23,26)/t2*15-/m10/s1. The van der Waals surface area contributed by atoms with Crippen LogP contribution in [0.2, 0.25) is 10.0 Å². The molecule has 52 heavy (non-hydrogen) atoms. The predicted octanol–water partition coefficient (Wildman–Crippen LogP) is 7.96. The summed E-state index contributed by atoms with van der Waals surface area (Å²) in [5.74, 6) is -0.0454. The molecule has 0 bridgehead atoms. The number of rotatable bonds is 8. The summed E-state index contributed by atoms with van der Waals surface area (Å²) in [5.41, 5.74) is 7.60. The SMILES string of the molecule is CCN1CCC[C@@H]1CNC(=O)c1ccc2c(Cl)c3c(nc2c1)CCCC3.CCN1CCC[C@H]1CNC(=O)c1ccc2c(Cl)c3c(nc2c1)CCCC3. The number of aromatic nitrogens is 2. The molecule has 2 aliphatic heterocycles. The van der Waals surface area contributed by atoms with Crippen LogP contribution in [0.25, 0.3) is 21.8 Å². The molecule has 4 heterocycles. The Kier molecular flexibility index (Phi) is 12.0. The number of aryl methyl sites for hydroxylation is 2. The number of likely N-dealkylation sites (N-methyl/N-ethyl adjacent to an activating group) is 2. The number of carbonyl (C=O) groups excluding carboxylic acids is 2. The van der Waals surface area contributed by atoms with Crippen LogP contribution in [0, 0.1) is 0 Å². The van der Waals surface area contributed by atoms with Crippen LogP contribution >= 0.6 is 23.2 Å². The van der Waals surface area contributed by atoms with Gasteiger partial charge in [-0.1, -0.05) is 49.2 Å². The highest BCUT2D eigenvalue weighted by atomic mass is 35.5. The van der Waals surface area contributed by atoms with Gasteiger partial charge in [0.2, 0.25) is 0 Å². The van der Waals surface area contributed by atoms with Crippen LogP contribution in [-0.4, -0.2) is 82.9 Å². The summed E-state index contributed by atoms with van der Waals surface area (Å²) in [7, 11) is 0. The van der Waals surface area contributed by atoms with Crippen molar-refractivity contribution in [2.24, 2.45) is 0 Å². The largest absolute Gasteiger partial charge is 0.350 e. The number of nitrogens with one attached hydrogen (secondary N) is 2. The second-order valence-electron chi connectivity index (χ2n) is 14.8. The molecule has 2 fully saturated rings. The Morgan fingerprint density at radius 2 is 1.08 bits per heavy atom. The Balaban J connectivity index is 0.000000162. The van der Waals surface area contributed by atoms with Crippen LogP contribution in [-0.2, 0) is 25.7 Å². The van der Waals surface area contributed by atoms with Crippen molar-refractivity contribution < 1.29 is 9.59 Å². The van der Waals surface area contributed by atoms with Gasteiger partial charge in [0.1, 0.15) is 0 Å². The number of hydrogen-bond donors (Lipinski definition) is 2. The van der Waals surface area contributed by atoms with E-state index in [9.17, 15) is 9.59 Å². The van der Waals surface area contributed by atoms with E-state index in [-0.39, 0.29) is 11.8 Å². The maximum Gasteiger partial charge on any atom is 0.251 e. The summed E-state index contributed by atoms with van der Waals surface area (Å²) >= 11 is 13.2. The van der Waals surface area contributed by atoms with Gasteiger partial charge in [0.25, 0.3) is 11.8 Å². The van der Waals surface area contributed by atoms with Crippen LogP contribution in [0.4, 0.5) is 0 Å². The number of hydrogen-bond acceptors (Lipinski definition) is 6. The maximum absolute atomic E-state index is 12.6. The second kappa shape index (κ2) is 16.8. The smallest absolute Gasteiger partial charge is 0.251 e. The summed E-state index contributed by atoms with van der Waals surface area (Å²) in [4.78, 5) is 39.7. The van der Waals surface area contributed by atoms with E-state index in [1.54, 1.807) is 0 Å². The van der Waals surface area contributed by atoms with Gasteiger partial charge in [0.05, 0.1) is 21.1 Å². The van der Waals surface area contributed by atoms with E-state index in [1.807, 2.05) is 36.4 Å². The third-order valence-corrected chi connectivity index (χ3v) is 12.6. The van der Waals surface area contributed by atoms with Gasteiger partial charge in [-0.2, -0.15) is 0 Å². The molecule has 2 aromatic carbocycles. The van der Waals surface area contributed by atoms with Crippen molar-refractivity contribution in [3.05, 3.63) is 80.1 Å². The maximum atomic E-state index is 12.6. The van der Waals surface area contributed by atoms with Gasteiger partial charge in [-0.05, 0) is 139 Å². The molecule has 8 nitrogen and oxygen atoms in total. The molecule has 4 aromatic rings. The molecule has 2 N–H and O–H groups in total. The number of benzene rings is 2. The summed E-state index contributed by atoms with van der Waals surface area (Å²) < 4.78 is 0. The third kappa shape index (κ3) is 7.96. The topological polar surface area (TPSA) is 90.5 Å². The van der Waals surface area contributed by atoms with Crippen molar-refractivity contribution >= 4 is 56.8 Å². The summed E-state index contributed by atoms with van der Waals surface area (Å²) in [5, 5.41) is 9.76. The van der Waals surface area contributed by atoms with Gasteiger partial charge < -0.3 is 10.6 Å². The number of carbonyl (C=O) groups is 2. The molecule has 2 aromatic heterocycles. The molecule has 2 atom stereocenters. The minimum atomic E-state index is -0.0227. The van der Waals surface area contributed by atoms with Crippen LogP contribution in [0.1, 0.15) is 108 Å². The first-order valence-electron chi connectivity index (χ1n) is 19.6. The molecule has 0 saturated carbocycles. The number of nitrogens with zero attached hydrogens (tertiary/aromatic N) is 4. The molecule has 276 valence electrons. The molecule has 8 rings (SSSR count). The van der Waals surface area contributed by atoms with Gasteiger partial charge in [-0.25, -0.2) is 0 Å². The Hall–Kier alpha value is -3.30. The molecule has 0 unspecified atom stereocenters. The minimum Gasteiger partial charge on any atom is -0.350 e. The molecule has 2 saturated heterocycles. The number of amides is 2. The number of halogens is 2. The van der Waals surface area contributed by atoms with Crippen molar-refractivity contribution in [2.75, 3.05) is 39.3 Å². The van der Waals surface area contributed by atoms with E-state index >= 15 is 0 Å². The fourth-order valence-electron chi connectivity index (χ4n) is 8.73. The lowest BCUT2D eigenvalue weighted by molar-refractivity contribution is 0.0933. The lowest BCUT2D eigenvalue weighted by atomic mass is 9.94. The first-order valence-corrected chi connectivity index (χ1v) is 20.4. The Bertz CT molecular complexity index is 1810. The van der Waals surface area contributed by atoms with Crippen LogP contribution in [0.5, 0.6) is 0 Å². The highest BCUT2D eigenvalue weighted by Crippen LogP contribution is 2.34. The van der Waals surface area contributed by atoms with E-state index < -0.39 is 0 Å². The molecule has 2 amide bonds. The lowest BCUT2D eigenvalue weighted by Gasteiger charge is -2.23. The average molecular weight is 744 g/mol. The second-order valence-corrected chi connectivity index (χ2v) is 15.6. The molecule has 0 spiro atoms. The van der Waals surface area contributed by atoms with Gasteiger partial charge >= 0.3 is 0 Å². The van der Waals surface area contributed by atoms with Gasteiger partial charge in [0.15, 0.2) is 0 Å². The zero-order valence-electron chi connectivity index (χ0n) is 30.7. The Labute approximate surface area is 318 Å². The van der Waals surface area contributed by atoms with Crippen LogP contribution < -0.4 is 10.6 Å². The quantitative estimate of drug-likeness (QED) is 0.191. The zero-order valence-corrected chi connectivity index (χ0v) is 32.2. The van der Waals surface area contributed by atoms with E-state index in [4.69, 9.17) is 33.2 Å². The molecular weight excluding hydrogens is 691 g/mol. The van der Waals surface area contributed by atoms with Gasteiger partial charge in [0, 0.05) is 58.5 Å². The zero-order chi connectivity index (χ0) is 36.2. The molecule has 10 heteroatoms. The summed E-state index contributed by atoms with van der Waals surface area (Å²) in [6.45, 7) is 10.2. The van der Waals surface area contributed by atoms with E-state index in [2.05, 4.69) is 34.3 Å². The monoisotopic (exact) mass is 742 g/mol. The normalized spacial score (nSPS) is 20.3. The first-order chi connectivity index (χ1) is 25.3. The lowest BCUT2D eigenvalue weighted by Crippen LogP contribution is -2.40. The van der Waals surface area contributed by atoms with Crippen molar-refractivity contribution in [1.29, 1.82) is 0 Å². The van der Waals surface area contributed by atoms with Crippen LogP contribution in [0.3, 0.4) is 0 Å². The minimum absolute atomic E-state index is 0.0227. The number of pyridine rings is 2. The molecule has 0 radical (unpaired) electrons. The van der Waals surface area contributed by atoms with Crippen molar-refractivity contribution in [3.8, 4) is 0 Å². The summed E-state index contributed by atoms with van der Waals surface area (Å²) in [6.07, 6.45) is 13.4. The summed E-state index contributed by atoms with van der Waals surface area (Å²) in [6, 6.07) is 12.3. The Morgan fingerprint density at radius 3 is 1.50 bits per heavy atom. The highest BCUT2D eigenvalue weighted by molar-refractivity contribution is 6.36. The van der Waals surface area contributed by atoms with Crippen molar-refractivity contribution in [2.45, 2.75) is 103 Å². The predicted molar refractivity (Wildman–Crippen MR) is 212 cm³/mol. The third-order valence-electron chi connectivity index (χ3n) is 11.7. The van der Waals surface area contributed by atoms with Crippen molar-refractivity contribution in [1.82, 2.24) is 30.4 Å². The van der Waals surface area contributed by atoms with E-state index in [0.29, 0.717) is 36.3 Å². The Morgan fingerprint density at radius 1 is 0.654 bits per heavy atom. The average Bonchev–Trinajstić information content (AvgIpc) is 3.85. The van der Waals surface area contributed by atoms with Gasteiger partial charge in [-0.15, -0.1) is 0 Å². The van der Waals surface area contributed by atoms with Crippen LogP contribution in [0.15, 0.2) is 36.4 Å². The number of fused-ring (bicyclic) bond motifs is 4. The van der Waals surface area contributed by atoms with E-state index in [1.165, 1.54) is 36.8 Å². The van der Waals surface area contributed by atoms with Crippen molar-refractivity contribution in [3.63, 3.8) is 0 Å². The fourth-order valence-corrected chi connectivity index (χ4v) is 9.45. The fraction of sp³-hybridized carbons (Fsp3) is 0.524. The first kappa shape index (κ1) is 37.0. The molecule has 2 aliphatic carbocycles. The number of likely N-dealkylation sites (tertiary alicyclic amines) is 2. The molecular formula is C42H52Cl2N6O2. The highest BCUT2D eigenvalue weighted by Gasteiger charge is 2.25.